The average Bonchev–Trinajstić information content (AvgIpc) is 3.51. The molecule has 0 radical (unpaired) electrons. The predicted molar refractivity (Wildman–Crippen MR) is 130 cm³/mol. The third-order valence-corrected chi connectivity index (χ3v) is 7.19. The van der Waals surface area contributed by atoms with Crippen LogP contribution in [0.1, 0.15) is 47.0 Å². The summed E-state index contributed by atoms with van der Waals surface area (Å²) in [5.74, 6) is 0.912. The Morgan fingerprint density at radius 2 is 1.79 bits per heavy atom. The Balaban J connectivity index is 1.40. The smallest absolute Gasteiger partial charge is 0.173 e. The summed E-state index contributed by atoms with van der Waals surface area (Å²) >= 11 is 0. The minimum atomic E-state index is 0.0303. The minimum absolute atomic E-state index is 0.0303. The fourth-order valence-electron chi connectivity index (χ4n) is 5.09. The Kier molecular flexibility index (Phi) is 6.42. The van der Waals surface area contributed by atoms with Crippen LogP contribution in [-0.4, -0.2) is 64.0 Å². The Hall–Kier alpha value is -2.77. The van der Waals surface area contributed by atoms with Gasteiger partial charge in [-0.3, -0.25) is 4.90 Å². The zero-order valence-electron chi connectivity index (χ0n) is 19.9. The molecule has 2 aliphatic heterocycles. The van der Waals surface area contributed by atoms with E-state index < -0.39 is 0 Å². The van der Waals surface area contributed by atoms with Gasteiger partial charge in [-0.2, -0.15) is 0 Å². The maximum absolute atomic E-state index is 5.88. The van der Waals surface area contributed by atoms with Gasteiger partial charge in [-0.25, -0.2) is 4.68 Å². The molecule has 7 heteroatoms. The van der Waals surface area contributed by atoms with Gasteiger partial charge in [-0.1, -0.05) is 42.0 Å². The highest BCUT2D eigenvalue weighted by Crippen LogP contribution is 2.31. The van der Waals surface area contributed by atoms with Gasteiger partial charge in [-0.15, -0.1) is 5.10 Å². The van der Waals surface area contributed by atoms with Crippen molar-refractivity contribution in [2.45, 2.75) is 52.3 Å². The Labute approximate surface area is 196 Å². The van der Waals surface area contributed by atoms with E-state index in [1.807, 2.05) is 4.68 Å². The second-order valence-electron chi connectivity index (χ2n) is 9.41. The molecule has 0 amide bonds. The number of ether oxygens (including phenoxy) is 1. The normalized spacial score (nSPS) is 20.3. The predicted octanol–water partition coefficient (Wildman–Crippen LogP) is 3.69. The molecule has 3 aromatic rings. The molecule has 0 N–H and O–H groups in total. The molecule has 2 aromatic carbocycles. The molecule has 0 saturated carbocycles. The summed E-state index contributed by atoms with van der Waals surface area (Å²) in [6.07, 6.45) is 2.39. The molecule has 0 spiro atoms. The van der Waals surface area contributed by atoms with Crippen LogP contribution in [0.15, 0.2) is 42.5 Å². The first-order valence-electron chi connectivity index (χ1n) is 12.1. The first-order valence-corrected chi connectivity index (χ1v) is 12.1. The summed E-state index contributed by atoms with van der Waals surface area (Å²) in [5.41, 5.74) is 6.58. The van der Waals surface area contributed by atoms with Crippen LogP contribution >= 0.6 is 0 Å². The Morgan fingerprint density at radius 1 is 1.00 bits per heavy atom. The first kappa shape index (κ1) is 22.0. The lowest BCUT2D eigenvalue weighted by Gasteiger charge is -2.40. The van der Waals surface area contributed by atoms with Crippen molar-refractivity contribution in [1.29, 1.82) is 0 Å². The van der Waals surface area contributed by atoms with Crippen molar-refractivity contribution in [2.75, 3.05) is 37.7 Å². The van der Waals surface area contributed by atoms with Crippen molar-refractivity contribution >= 4 is 5.69 Å². The van der Waals surface area contributed by atoms with Crippen molar-refractivity contribution in [3.8, 4) is 0 Å². The van der Waals surface area contributed by atoms with Crippen LogP contribution in [0.2, 0.25) is 0 Å². The van der Waals surface area contributed by atoms with Crippen molar-refractivity contribution in [1.82, 2.24) is 25.1 Å². The number of piperazine rings is 1. The third kappa shape index (κ3) is 4.66. The van der Waals surface area contributed by atoms with E-state index in [0.29, 0.717) is 6.54 Å². The van der Waals surface area contributed by atoms with Crippen molar-refractivity contribution < 1.29 is 4.74 Å². The quantitative estimate of drug-likeness (QED) is 0.576. The van der Waals surface area contributed by atoms with Gasteiger partial charge in [0, 0.05) is 38.5 Å². The molecule has 33 heavy (non-hydrogen) atoms. The lowest BCUT2D eigenvalue weighted by molar-refractivity contribution is 0.0906. The van der Waals surface area contributed by atoms with E-state index in [-0.39, 0.29) is 12.1 Å². The van der Waals surface area contributed by atoms with Crippen LogP contribution in [0.4, 0.5) is 5.69 Å². The summed E-state index contributed by atoms with van der Waals surface area (Å²) in [7, 11) is 0. The molecule has 3 heterocycles. The molecule has 2 aliphatic rings. The molecule has 174 valence electrons. The summed E-state index contributed by atoms with van der Waals surface area (Å²) in [4.78, 5) is 5.05. The molecule has 1 aromatic heterocycles. The van der Waals surface area contributed by atoms with E-state index in [9.17, 15) is 0 Å². The average molecular weight is 447 g/mol. The summed E-state index contributed by atoms with van der Waals surface area (Å²) in [6.45, 7) is 12.0. The van der Waals surface area contributed by atoms with Crippen LogP contribution in [-0.2, 0) is 11.3 Å². The summed E-state index contributed by atoms with van der Waals surface area (Å²) in [5, 5.41) is 13.0. The summed E-state index contributed by atoms with van der Waals surface area (Å²) < 4.78 is 7.84. The Bertz CT molecular complexity index is 1060. The fraction of sp³-hybridized carbons (Fsp3) is 0.500. The van der Waals surface area contributed by atoms with Gasteiger partial charge in [0.2, 0.25) is 0 Å². The van der Waals surface area contributed by atoms with E-state index in [0.717, 1.165) is 51.5 Å². The standard InChI is InChI=1S/C26H34N6O/c1-19-9-11-22(12-10-19)25(26-27-28-29-32(26)18-23-7-5-17-33-23)31-15-13-30(14-16-31)24-8-4-6-20(2)21(24)3/h4,6,8-12,23,25H,5,7,13-18H2,1-3H3/t23-,25-/m1/s1. The highest BCUT2D eigenvalue weighted by Gasteiger charge is 2.32. The topological polar surface area (TPSA) is 59.3 Å². The minimum Gasteiger partial charge on any atom is -0.376 e. The number of hydrogen-bond acceptors (Lipinski definition) is 6. The second-order valence-corrected chi connectivity index (χ2v) is 9.41. The van der Waals surface area contributed by atoms with Crippen LogP contribution in [0, 0.1) is 20.8 Å². The molecule has 2 fully saturated rings. The van der Waals surface area contributed by atoms with Gasteiger partial charge in [-0.05, 0) is 66.8 Å². The molecular formula is C26H34N6O. The number of hydrogen-bond donors (Lipinski definition) is 0. The molecule has 2 saturated heterocycles. The van der Waals surface area contributed by atoms with Crippen molar-refractivity contribution in [2.24, 2.45) is 0 Å². The van der Waals surface area contributed by atoms with Crippen LogP contribution < -0.4 is 4.90 Å². The van der Waals surface area contributed by atoms with Crippen LogP contribution in [0.3, 0.4) is 0 Å². The highest BCUT2D eigenvalue weighted by molar-refractivity contribution is 5.56. The molecular weight excluding hydrogens is 412 g/mol. The van der Waals surface area contributed by atoms with E-state index in [1.54, 1.807) is 0 Å². The van der Waals surface area contributed by atoms with Crippen molar-refractivity contribution in [3.63, 3.8) is 0 Å². The lowest BCUT2D eigenvalue weighted by Crippen LogP contribution is -2.48. The van der Waals surface area contributed by atoms with Gasteiger partial charge in [0.25, 0.3) is 0 Å². The summed E-state index contributed by atoms with van der Waals surface area (Å²) in [6, 6.07) is 15.4. The lowest BCUT2D eigenvalue weighted by atomic mass is 10.0. The van der Waals surface area contributed by atoms with Gasteiger partial charge in [0.15, 0.2) is 5.82 Å². The van der Waals surface area contributed by atoms with E-state index in [1.165, 1.54) is 27.9 Å². The second kappa shape index (κ2) is 9.61. The molecule has 5 rings (SSSR count). The number of aromatic nitrogens is 4. The van der Waals surface area contributed by atoms with E-state index >= 15 is 0 Å². The number of nitrogens with zero attached hydrogens (tertiary/aromatic N) is 6. The molecule has 0 unspecified atom stereocenters. The SMILES string of the molecule is Cc1ccc([C@H](c2nnnn2C[C@H]2CCCO2)N2CCN(c3cccc(C)c3C)CC2)cc1. The Morgan fingerprint density at radius 3 is 2.52 bits per heavy atom. The molecule has 2 atom stereocenters. The zero-order valence-corrected chi connectivity index (χ0v) is 19.9. The maximum atomic E-state index is 5.88. The van der Waals surface area contributed by atoms with Gasteiger partial charge < -0.3 is 9.64 Å². The monoisotopic (exact) mass is 446 g/mol. The van der Waals surface area contributed by atoms with Gasteiger partial charge in [0.1, 0.15) is 0 Å². The number of aryl methyl sites for hydroxylation is 2. The first-order chi connectivity index (χ1) is 16.1. The van der Waals surface area contributed by atoms with Crippen LogP contribution in [0.5, 0.6) is 0 Å². The fourth-order valence-corrected chi connectivity index (χ4v) is 5.09. The zero-order chi connectivity index (χ0) is 22.8. The number of benzene rings is 2. The highest BCUT2D eigenvalue weighted by atomic mass is 16.5. The largest absolute Gasteiger partial charge is 0.376 e. The maximum Gasteiger partial charge on any atom is 0.173 e. The third-order valence-electron chi connectivity index (χ3n) is 7.19. The number of rotatable bonds is 6. The number of anilines is 1. The van der Waals surface area contributed by atoms with Crippen molar-refractivity contribution in [3.05, 3.63) is 70.5 Å². The van der Waals surface area contributed by atoms with Gasteiger partial charge in [0.05, 0.1) is 18.7 Å². The van der Waals surface area contributed by atoms with Crippen LogP contribution in [0.25, 0.3) is 0 Å². The van der Waals surface area contributed by atoms with E-state index in [4.69, 9.17) is 4.74 Å². The molecule has 0 bridgehead atoms. The number of tetrazole rings is 1. The molecule has 7 nitrogen and oxygen atoms in total. The van der Waals surface area contributed by atoms with E-state index in [2.05, 4.69) is 88.6 Å². The molecule has 0 aliphatic carbocycles. The van der Waals surface area contributed by atoms with Gasteiger partial charge >= 0.3 is 0 Å².